The Balaban J connectivity index is 2.23. The number of nitrogen functional groups attached to an aromatic ring is 1. The molecule has 2 rings (SSSR count). The summed E-state index contributed by atoms with van der Waals surface area (Å²) in [7, 11) is 3.44. The van der Waals surface area contributed by atoms with Gasteiger partial charge in [-0.25, -0.2) is 0 Å². The molecular formula is C18H22N2O2. The van der Waals surface area contributed by atoms with Crippen LogP contribution in [0.2, 0.25) is 0 Å². The normalized spacial score (nSPS) is 11.8. The van der Waals surface area contributed by atoms with E-state index in [2.05, 4.69) is 0 Å². The fraction of sp³-hybridized carbons (Fsp3) is 0.278. The maximum absolute atomic E-state index is 12.7. The summed E-state index contributed by atoms with van der Waals surface area (Å²) in [6.07, 6.45) is 0. The second-order valence-electron chi connectivity index (χ2n) is 5.44. The summed E-state index contributed by atoms with van der Waals surface area (Å²) in [4.78, 5) is 14.4. The Hall–Kier alpha value is -2.49. The van der Waals surface area contributed by atoms with Gasteiger partial charge in [0.05, 0.1) is 13.2 Å². The first-order valence-corrected chi connectivity index (χ1v) is 7.21. The highest BCUT2D eigenvalue weighted by atomic mass is 16.5. The lowest BCUT2D eigenvalue weighted by atomic mass is 10.0. The average Bonchev–Trinajstić information content (AvgIpc) is 2.55. The van der Waals surface area contributed by atoms with E-state index in [0.29, 0.717) is 11.3 Å². The monoisotopic (exact) mass is 298 g/mol. The molecule has 116 valence electrons. The third-order valence-electron chi connectivity index (χ3n) is 3.99. The number of benzene rings is 2. The van der Waals surface area contributed by atoms with E-state index >= 15 is 0 Å². The molecule has 0 heterocycles. The summed E-state index contributed by atoms with van der Waals surface area (Å²) >= 11 is 0. The van der Waals surface area contributed by atoms with E-state index in [1.54, 1.807) is 31.2 Å². The summed E-state index contributed by atoms with van der Waals surface area (Å²) in [6, 6.07) is 13.1. The van der Waals surface area contributed by atoms with Gasteiger partial charge in [0.15, 0.2) is 0 Å². The van der Waals surface area contributed by atoms with E-state index in [4.69, 9.17) is 10.5 Å². The minimum Gasteiger partial charge on any atom is -0.497 e. The maximum atomic E-state index is 12.7. The van der Waals surface area contributed by atoms with Crippen molar-refractivity contribution in [2.24, 2.45) is 0 Å². The Morgan fingerprint density at radius 1 is 1.18 bits per heavy atom. The number of hydrogen-bond acceptors (Lipinski definition) is 3. The predicted octanol–water partition coefficient (Wildman–Crippen LogP) is 3.42. The molecule has 2 aromatic carbocycles. The molecule has 0 aliphatic heterocycles. The van der Waals surface area contributed by atoms with Crippen molar-refractivity contribution in [2.45, 2.75) is 19.9 Å². The van der Waals surface area contributed by atoms with Crippen LogP contribution in [-0.4, -0.2) is 25.0 Å². The third kappa shape index (κ3) is 3.22. The van der Waals surface area contributed by atoms with E-state index < -0.39 is 0 Å². The Labute approximate surface area is 131 Å². The first-order valence-electron chi connectivity index (χ1n) is 7.21. The smallest absolute Gasteiger partial charge is 0.254 e. The summed E-state index contributed by atoms with van der Waals surface area (Å²) in [5.74, 6) is 0.768. The van der Waals surface area contributed by atoms with Crippen molar-refractivity contribution in [2.75, 3.05) is 19.9 Å². The molecule has 0 aliphatic carbocycles. The second kappa shape index (κ2) is 6.52. The fourth-order valence-electron chi connectivity index (χ4n) is 2.34. The lowest BCUT2D eigenvalue weighted by Gasteiger charge is -2.26. The molecule has 1 unspecified atom stereocenters. The van der Waals surface area contributed by atoms with Gasteiger partial charge in [-0.3, -0.25) is 4.79 Å². The summed E-state index contributed by atoms with van der Waals surface area (Å²) in [6.45, 7) is 3.92. The number of aryl methyl sites for hydroxylation is 1. The first-order chi connectivity index (χ1) is 10.4. The van der Waals surface area contributed by atoms with Crippen molar-refractivity contribution in [3.8, 4) is 5.75 Å². The Kier molecular flexibility index (Phi) is 4.71. The quantitative estimate of drug-likeness (QED) is 0.880. The van der Waals surface area contributed by atoms with Crippen molar-refractivity contribution in [3.63, 3.8) is 0 Å². The zero-order chi connectivity index (χ0) is 16.3. The van der Waals surface area contributed by atoms with Crippen LogP contribution in [0.4, 0.5) is 5.69 Å². The number of nitrogens with two attached hydrogens (primary N) is 1. The van der Waals surface area contributed by atoms with E-state index in [9.17, 15) is 4.79 Å². The van der Waals surface area contributed by atoms with Crippen molar-refractivity contribution in [1.82, 2.24) is 4.90 Å². The molecule has 2 N–H and O–H groups in total. The SMILES string of the molecule is COc1ccc(C(C)N(C)C(=O)c2cc(N)ccc2C)cc1. The number of hydrogen-bond donors (Lipinski definition) is 1. The Morgan fingerprint density at radius 3 is 2.41 bits per heavy atom. The number of ether oxygens (including phenoxy) is 1. The zero-order valence-corrected chi connectivity index (χ0v) is 13.5. The van der Waals surface area contributed by atoms with Gasteiger partial charge in [0, 0.05) is 18.3 Å². The van der Waals surface area contributed by atoms with Crippen molar-refractivity contribution in [3.05, 3.63) is 59.2 Å². The van der Waals surface area contributed by atoms with Crippen molar-refractivity contribution >= 4 is 11.6 Å². The van der Waals surface area contributed by atoms with Crippen LogP contribution in [0.5, 0.6) is 5.75 Å². The van der Waals surface area contributed by atoms with Crippen LogP contribution in [-0.2, 0) is 0 Å². The molecule has 4 nitrogen and oxygen atoms in total. The Bertz CT molecular complexity index is 665. The van der Waals surface area contributed by atoms with Gasteiger partial charge >= 0.3 is 0 Å². The molecule has 22 heavy (non-hydrogen) atoms. The summed E-state index contributed by atoms with van der Waals surface area (Å²) in [5.41, 5.74) is 9.02. The van der Waals surface area contributed by atoms with Crippen molar-refractivity contribution in [1.29, 1.82) is 0 Å². The van der Waals surface area contributed by atoms with Gasteiger partial charge < -0.3 is 15.4 Å². The Morgan fingerprint density at radius 2 is 1.82 bits per heavy atom. The molecule has 1 atom stereocenters. The van der Waals surface area contributed by atoms with Crippen LogP contribution >= 0.6 is 0 Å². The molecule has 0 bridgehead atoms. The number of anilines is 1. The van der Waals surface area contributed by atoms with Gasteiger partial charge in [0.25, 0.3) is 5.91 Å². The largest absolute Gasteiger partial charge is 0.497 e. The number of nitrogens with zero attached hydrogens (tertiary/aromatic N) is 1. The second-order valence-corrected chi connectivity index (χ2v) is 5.44. The molecule has 0 saturated heterocycles. The van der Waals surface area contributed by atoms with Crippen LogP contribution < -0.4 is 10.5 Å². The number of carbonyl (C=O) groups is 1. The van der Waals surface area contributed by atoms with Gasteiger partial charge in [0.1, 0.15) is 5.75 Å². The molecule has 1 amide bonds. The molecule has 0 aromatic heterocycles. The highest BCUT2D eigenvalue weighted by Crippen LogP contribution is 2.24. The number of carbonyl (C=O) groups excluding carboxylic acids is 1. The number of rotatable bonds is 4. The number of amides is 1. The topological polar surface area (TPSA) is 55.6 Å². The van der Waals surface area contributed by atoms with Crippen LogP contribution in [0.1, 0.15) is 34.5 Å². The first kappa shape index (κ1) is 15.9. The minimum atomic E-state index is -0.0424. The van der Waals surface area contributed by atoms with Crippen LogP contribution in [0.25, 0.3) is 0 Å². The molecule has 0 fully saturated rings. The minimum absolute atomic E-state index is 0.0341. The summed E-state index contributed by atoms with van der Waals surface area (Å²) < 4.78 is 5.16. The van der Waals surface area contributed by atoms with E-state index in [1.807, 2.05) is 44.2 Å². The highest BCUT2D eigenvalue weighted by Gasteiger charge is 2.20. The van der Waals surface area contributed by atoms with Crippen LogP contribution in [0, 0.1) is 6.92 Å². The van der Waals surface area contributed by atoms with Gasteiger partial charge in [-0.05, 0) is 49.2 Å². The van der Waals surface area contributed by atoms with E-state index in [1.165, 1.54) is 0 Å². The summed E-state index contributed by atoms with van der Waals surface area (Å²) in [5, 5.41) is 0. The molecule has 4 heteroatoms. The predicted molar refractivity (Wildman–Crippen MR) is 89.1 cm³/mol. The molecular weight excluding hydrogens is 276 g/mol. The van der Waals surface area contributed by atoms with Crippen LogP contribution in [0.3, 0.4) is 0 Å². The number of methoxy groups -OCH3 is 1. The van der Waals surface area contributed by atoms with Crippen molar-refractivity contribution < 1.29 is 9.53 Å². The lowest BCUT2D eigenvalue weighted by Crippen LogP contribution is -2.30. The fourth-order valence-corrected chi connectivity index (χ4v) is 2.34. The highest BCUT2D eigenvalue weighted by molar-refractivity contribution is 5.96. The molecule has 0 saturated carbocycles. The molecule has 0 radical (unpaired) electrons. The van der Waals surface area contributed by atoms with E-state index in [0.717, 1.165) is 16.9 Å². The zero-order valence-electron chi connectivity index (χ0n) is 13.5. The maximum Gasteiger partial charge on any atom is 0.254 e. The lowest BCUT2D eigenvalue weighted by molar-refractivity contribution is 0.0742. The standard InChI is InChI=1S/C18H22N2O2/c1-12-5-8-15(19)11-17(12)18(21)20(3)13(2)14-6-9-16(22-4)10-7-14/h5-11,13H,19H2,1-4H3. The molecule has 2 aromatic rings. The van der Waals surface area contributed by atoms with E-state index in [-0.39, 0.29) is 11.9 Å². The van der Waals surface area contributed by atoms with Gasteiger partial charge in [-0.1, -0.05) is 18.2 Å². The van der Waals surface area contributed by atoms with Gasteiger partial charge in [0.2, 0.25) is 0 Å². The molecule has 0 spiro atoms. The molecule has 0 aliphatic rings. The van der Waals surface area contributed by atoms with Gasteiger partial charge in [-0.2, -0.15) is 0 Å². The third-order valence-corrected chi connectivity index (χ3v) is 3.99. The average molecular weight is 298 g/mol. The van der Waals surface area contributed by atoms with Crippen LogP contribution in [0.15, 0.2) is 42.5 Å². The van der Waals surface area contributed by atoms with Gasteiger partial charge in [-0.15, -0.1) is 0 Å².